The molecule has 2 radical (unpaired) electrons. The first-order valence-electron chi connectivity index (χ1n) is 3.30. The molecular formula is C6H8O6S. The molecule has 0 unspecified atom stereocenters. The smallest absolute Gasteiger partial charge is 0.417 e. The van der Waals surface area contributed by atoms with Crippen molar-refractivity contribution < 1.29 is 27.5 Å². The molecule has 0 aliphatic carbocycles. The zero-order chi connectivity index (χ0) is 10.2. The summed E-state index contributed by atoms with van der Waals surface area (Å²) >= 11 is 0. The molecule has 0 rings (SSSR count). The number of rotatable bonds is 8. The van der Waals surface area contributed by atoms with E-state index in [1.807, 2.05) is 0 Å². The zero-order valence-electron chi connectivity index (χ0n) is 6.69. The van der Waals surface area contributed by atoms with Gasteiger partial charge in [-0.15, -0.1) is 0 Å². The molecule has 13 heavy (non-hydrogen) atoms. The Hall–Kier alpha value is -1.11. The van der Waals surface area contributed by atoms with Crippen molar-refractivity contribution in [2.75, 3.05) is 24.7 Å². The van der Waals surface area contributed by atoms with Crippen LogP contribution in [-0.4, -0.2) is 46.1 Å². The summed E-state index contributed by atoms with van der Waals surface area (Å²) < 4.78 is 30.1. The molecule has 0 amide bonds. The summed E-state index contributed by atoms with van der Waals surface area (Å²) in [6.07, 6.45) is 0. The predicted octanol–water partition coefficient (Wildman–Crippen LogP) is -1.43. The van der Waals surface area contributed by atoms with E-state index in [9.17, 15) is 18.0 Å². The van der Waals surface area contributed by atoms with Gasteiger partial charge in [-0.3, -0.25) is 0 Å². The minimum atomic E-state index is -3.33. The largest absolute Gasteiger partial charge is 0.456 e. The summed E-state index contributed by atoms with van der Waals surface area (Å²) in [5, 5.41) is 0. The molecule has 0 aromatic carbocycles. The molecule has 6 nitrogen and oxygen atoms in total. The first kappa shape index (κ1) is 11.9. The number of ether oxygens (including phenoxy) is 2. The van der Waals surface area contributed by atoms with Crippen LogP contribution >= 0.6 is 0 Å². The third kappa shape index (κ3) is 7.26. The van der Waals surface area contributed by atoms with E-state index in [1.54, 1.807) is 0 Å². The van der Waals surface area contributed by atoms with Gasteiger partial charge in [0.1, 0.15) is 13.2 Å². The second-order valence-corrected chi connectivity index (χ2v) is 4.32. The molecular weight excluding hydrogens is 200 g/mol. The van der Waals surface area contributed by atoms with Crippen molar-refractivity contribution in [2.45, 2.75) is 0 Å². The van der Waals surface area contributed by atoms with Gasteiger partial charge in [0, 0.05) is 0 Å². The van der Waals surface area contributed by atoms with Crippen molar-refractivity contribution in [3.05, 3.63) is 0 Å². The monoisotopic (exact) mass is 208 g/mol. The second kappa shape index (κ2) is 6.41. The Morgan fingerprint density at radius 3 is 1.62 bits per heavy atom. The molecule has 0 heterocycles. The van der Waals surface area contributed by atoms with Crippen molar-refractivity contribution in [1.29, 1.82) is 0 Å². The van der Waals surface area contributed by atoms with Crippen LogP contribution in [0.3, 0.4) is 0 Å². The van der Waals surface area contributed by atoms with Crippen LogP contribution in [0.1, 0.15) is 0 Å². The van der Waals surface area contributed by atoms with Gasteiger partial charge < -0.3 is 9.47 Å². The fourth-order valence-electron chi connectivity index (χ4n) is 0.523. The highest BCUT2D eigenvalue weighted by molar-refractivity contribution is 7.91. The molecule has 7 heteroatoms. The maximum atomic E-state index is 11.0. The Balaban J connectivity index is 3.67. The lowest BCUT2D eigenvalue weighted by Gasteiger charge is -2.01. The summed E-state index contributed by atoms with van der Waals surface area (Å²) in [6.45, 7) is 1.72. The Morgan fingerprint density at radius 1 is 0.923 bits per heavy atom. The van der Waals surface area contributed by atoms with Crippen LogP contribution in [0.5, 0.6) is 0 Å². The Morgan fingerprint density at radius 2 is 1.31 bits per heavy atom. The van der Waals surface area contributed by atoms with Crippen LogP contribution in [0.15, 0.2) is 0 Å². The van der Waals surface area contributed by atoms with Crippen LogP contribution in [0.2, 0.25) is 0 Å². The molecule has 0 spiro atoms. The van der Waals surface area contributed by atoms with Gasteiger partial charge in [-0.25, -0.2) is 18.0 Å². The highest BCUT2D eigenvalue weighted by atomic mass is 32.2. The van der Waals surface area contributed by atoms with E-state index in [0.29, 0.717) is 0 Å². The van der Waals surface area contributed by atoms with Crippen LogP contribution in [-0.2, 0) is 28.9 Å². The van der Waals surface area contributed by atoms with Gasteiger partial charge in [0.15, 0.2) is 9.84 Å². The Bertz CT molecular complexity index is 224. The molecule has 0 aliphatic rings. The SMILES string of the molecule is O=[C]OCCS(=O)(=O)CCO[C]=O. The average Bonchev–Trinajstić information content (AvgIpc) is 2.05. The van der Waals surface area contributed by atoms with Crippen LogP contribution in [0.4, 0.5) is 0 Å². The fourth-order valence-corrected chi connectivity index (χ4v) is 1.40. The van der Waals surface area contributed by atoms with E-state index in [1.165, 1.54) is 0 Å². The lowest BCUT2D eigenvalue weighted by Crippen LogP contribution is -2.18. The highest BCUT2D eigenvalue weighted by Crippen LogP contribution is 1.90. The first-order valence-corrected chi connectivity index (χ1v) is 5.13. The molecule has 0 fully saturated rings. The van der Waals surface area contributed by atoms with Crippen molar-refractivity contribution in [3.63, 3.8) is 0 Å². The van der Waals surface area contributed by atoms with Crippen molar-refractivity contribution in [2.24, 2.45) is 0 Å². The van der Waals surface area contributed by atoms with Gasteiger partial charge in [-0.05, 0) is 0 Å². The quantitative estimate of drug-likeness (QED) is 0.454. The van der Waals surface area contributed by atoms with E-state index in [-0.39, 0.29) is 24.7 Å². The van der Waals surface area contributed by atoms with E-state index in [4.69, 9.17) is 0 Å². The third-order valence-corrected chi connectivity index (χ3v) is 2.69. The molecule has 0 atom stereocenters. The van der Waals surface area contributed by atoms with Crippen molar-refractivity contribution >= 4 is 22.8 Å². The van der Waals surface area contributed by atoms with Gasteiger partial charge in [0.25, 0.3) is 0 Å². The summed E-state index contributed by atoms with van der Waals surface area (Å²) in [5.41, 5.74) is 0. The normalized spacial score (nSPS) is 10.5. The number of carbonyl (C=O) groups excluding carboxylic acids is 2. The maximum absolute atomic E-state index is 11.0. The lowest BCUT2D eigenvalue weighted by atomic mass is 10.8. The first-order chi connectivity index (χ1) is 6.12. The van der Waals surface area contributed by atoms with Gasteiger partial charge in [0.2, 0.25) is 0 Å². The standard InChI is InChI=1S/C6H8O6S/c7-5-11-1-3-13(9,10)4-2-12-6-8/h1-4H2. The number of hydrogen-bond acceptors (Lipinski definition) is 6. The van der Waals surface area contributed by atoms with Gasteiger partial charge >= 0.3 is 12.9 Å². The lowest BCUT2D eigenvalue weighted by molar-refractivity contribution is 0.292. The molecule has 74 valence electrons. The number of sulfone groups is 1. The molecule has 0 aliphatic heterocycles. The predicted molar refractivity (Wildman–Crippen MR) is 41.9 cm³/mol. The maximum Gasteiger partial charge on any atom is 0.417 e. The summed E-state index contributed by atoms with van der Waals surface area (Å²) in [4.78, 5) is 19.1. The van der Waals surface area contributed by atoms with Crippen LogP contribution in [0.25, 0.3) is 0 Å². The van der Waals surface area contributed by atoms with E-state index >= 15 is 0 Å². The molecule has 0 aromatic heterocycles. The molecule has 0 saturated heterocycles. The van der Waals surface area contributed by atoms with Crippen molar-refractivity contribution in [1.82, 2.24) is 0 Å². The minimum Gasteiger partial charge on any atom is -0.456 e. The van der Waals surface area contributed by atoms with Gasteiger partial charge in [0.05, 0.1) is 11.5 Å². The zero-order valence-corrected chi connectivity index (χ0v) is 7.50. The second-order valence-electron chi connectivity index (χ2n) is 2.02. The summed E-state index contributed by atoms with van der Waals surface area (Å²) in [7, 11) is -3.33. The molecule has 0 N–H and O–H groups in total. The Labute approximate surface area is 75.7 Å². The number of hydrogen-bond donors (Lipinski definition) is 0. The molecule has 0 saturated carbocycles. The van der Waals surface area contributed by atoms with E-state index < -0.39 is 9.84 Å². The van der Waals surface area contributed by atoms with E-state index in [0.717, 1.165) is 12.9 Å². The molecule has 0 aromatic rings. The van der Waals surface area contributed by atoms with E-state index in [2.05, 4.69) is 9.47 Å². The highest BCUT2D eigenvalue weighted by Gasteiger charge is 2.10. The van der Waals surface area contributed by atoms with Crippen LogP contribution in [0, 0.1) is 0 Å². The molecule has 0 bridgehead atoms. The summed E-state index contributed by atoms with van der Waals surface area (Å²) in [6, 6.07) is 0. The van der Waals surface area contributed by atoms with Crippen molar-refractivity contribution in [3.8, 4) is 0 Å². The third-order valence-electron chi connectivity index (χ3n) is 1.11. The fraction of sp³-hybridized carbons (Fsp3) is 0.667. The topological polar surface area (TPSA) is 86.7 Å². The van der Waals surface area contributed by atoms with Crippen LogP contribution < -0.4 is 0 Å². The Kier molecular flexibility index (Phi) is 5.86. The average molecular weight is 208 g/mol. The summed E-state index contributed by atoms with van der Waals surface area (Å²) in [5.74, 6) is -0.602. The van der Waals surface area contributed by atoms with Gasteiger partial charge in [-0.1, -0.05) is 0 Å². The van der Waals surface area contributed by atoms with Gasteiger partial charge in [-0.2, -0.15) is 0 Å². The minimum absolute atomic E-state index is 0.239.